The molecule has 0 N–H and O–H groups in total. The zero-order valence-electron chi connectivity index (χ0n) is 11.3. The van der Waals surface area contributed by atoms with E-state index in [1.54, 1.807) is 6.08 Å². The normalized spacial score (nSPS) is 18.8. The molecule has 0 bridgehead atoms. The summed E-state index contributed by atoms with van der Waals surface area (Å²) in [5, 5.41) is -0.464. The van der Waals surface area contributed by atoms with Gasteiger partial charge in [-0.1, -0.05) is 0 Å². The van der Waals surface area contributed by atoms with Crippen LogP contribution < -0.4 is 0 Å². The number of hydrogen-bond acceptors (Lipinski definition) is 5. The van der Waals surface area contributed by atoms with Crippen molar-refractivity contribution in [3.05, 3.63) is 28.9 Å². The van der Waals surface area contributed by atoms with E-state index in [1.165, 1.54) is 14.0 Å². The lowest BCUT2D eigenvalue weighted by Gasteiger charge is -2.18. The Labute approximate surface area is 120 Å². The highest BCUT2D eigenvalue weighted by molar-refractivity contribution is 8.18. The Morgan fingerprint density at radius 2 is 2.15 bits per heavy atom. The molecule has 2 rings (SSSR count). The molecule has 0 saturated carbocycles. The van der Waals surface area contributed by atoms with E-state index in [9.17, 15) is 14.4 Å². The van der Waals surface area contributed by atoms with Gasteiger partial charge in [-0.2, -0.15) is 0 Å². The minimum Gasteiger partial charge on any atom is -0.467 e. The van der Waals surface area contributed by atoms with E-state index in [-0.39, 0.29) is 0 Å². The molecular formula is C13H14N2O4S. The molecule has 2 amide bonds. The highest BCUT2D eigenvalue weighted by atomic mass is 32.2. The largest absolute Gasteiger partial charge is 0.467 e. The molecule has 106 valence electrons. The van der Waals surface area contributed by atoms with E-state index in [1.807, 2.05) is 29.9 Å². The molecule has 1 aliphatic heterocycles. The van der Waals surface area contributed by atoms with E-state index in [2.05, 4.69) is 4.74 Å². The Kier molecular flexibility index (Phi) is 3.99. The molecule has 0 unspecified atom stereocenters. The number of carbonyl (C=O) groups excluding carboxylic acids is 3. The van der Waals surface area contributed by atoms with Crippen LogP contribution in [-0.4, -0.2) is 39.7 Å². The summed E-state index contributed by atoms with van der Waals surface area (Å²) in [6.45, 7) is 1.47. The molecular weight excluding hydrogens is 280 g/mol. The van der Waals surface area contributed by atoms with E-state index >= 15 is 0 Å². The van der Waals surface area contributed by atoms with Gasteiger partial charge < -0.3 is 9.30 Å². The molecule has 7 heteroatoms. The van der Waals surface area contributed by atoms with Gasteiger partial charge in [0.05, 0.1) is 12.0 Å². The lowest BCUT2D eigenvalue weighted by molar-refractivity contribution is -0.148. The van der Waals surface area contributed by atoms with Crippen molar-refractivity contribution >= 4 is 35.0 Å². The third kappa shape index (κ3) is 2.49. The fourth-order valence-electron chi connectivity index (χ4n) is 1.85. The maximum atomic E-state index is 12.2. The molecule has 0 aliphatic carbocycles. The van der Waals surface area contributed by atoms with Crippen LogP contribution in [0.25, 0.3) is 6.08 Å². The van der Waals surface area contributed by atoms with Gasteiger partial charge in [-0.25, -0.2) is 4.79 Å². The number of rotatable bonds is 3. The zero-order valence-corrected chi connectivity index (χ0v) is 12.1. The van der Waals surface area contributed by atoms with Crippen molar-refractivity contribution in [1.82, 2.24) is 9.47 Å². The molecule has 1 atom stereocenters. The Bertz CT molecular complexity index is 605. The van der Waals surface area contributed by atoms with Gasteiger partial charge in [0.25, 0.3) is 11.1 Å². The number of methoxy groups -OCH3 is 1. The summed E-state index contributed by atoms with van der Waals surface area (Å²) < 4.78 is 6.39. The quantitative estimate of drug-likeness (QED) is 0.626. The minimum absolute atomic E-state index is 0.299. The number of imide groups is 1. The van der Waals surface area contributed by atoms with Crippen LogP contribution in [0.15, 0.2) is 23.2 Å². The first-order chi connectivity index (χ1) is 9.45. The summed E-state index contributed by atoms with van der Waals surface area (Å²) >= 11 is 0.822. The molecule has 0 spiro atoms. The van der Waals surface area contributed by atoms with Crippen LogP contribution in [0.2, 0.25) is 0 Å². The van der Waals surface area contributed by atoms with Crippen LogP contribution in [0.3, 0.4) is 0 Å². The molecule has 20 heavy (non-hydrogen) atoms. The van der Waals surface area contributed by atoms with Crippen molar-refractivity contribution < 1.29 is 19.1 Å². The summed E-state index contributed by atoms with van der Waals surface area (Å²) in [4.78, 5) is 36.8. The first-order valence-corrected chi connectivity index (χ1v) is 6.73. The second kappa shape index (κ2) is 5.54. The smallest absolute Gasteiger partial charge is 0.328 e. The molecule has 6 nitrogen and oxygen atoms in total. The van der Waals surface area contributed by atoms with Crippen LogP contribution in [0.5, 0.6) is 0 Å². The monoisotopic (exact) mass is 294 g/mol. The van der Waals surface area contributed by atoms with Crippen LogP contribution in [0, 0.1) is 0 Å². The van der Waals surface area contributed by atoms with E-state index in [4.69, 9.17) is 0 Å². The summed E-state index contributed by atoms with van der Waals surface area (Å²) in [6, 6.07) is 2.75. The average Bonchev–Trinajstić information content (AvgIpc) is 2.93. The van der Waals surface area contributed by atoms with E-state index in [0.717, 1.165) is 22.4 Å². The molecule has 1 aromatic rings. The van der Waals surface area contributed by atoms with Crippen LogP contribution in [0.4, 0.5) is 4.79 Å². The van der Waals surface area contributed by atoms with Gasteiger partial charge in [-0.15, -0.1) is 0 Å². The Morgan fingerprint density at radius 3 is 2.70 bits per heavy atom. The predicted octanol–water partition coefficient (Wildman–Crippen LogP) is 1.62. The molecule has 1 aromatic heterocycles. The fraction of sp³-hybridized carbons (Fsp3) is 0.308. The van der Waals surface area contributed by atoms with Crippen molar-refractivity contribution in [2.24, 2.45) is 7.05 Å². The standard InChI is InChI=1S/C13H14N2O4S/c1-8(12(17)19-3)15-11(16)10(20-13(15)18)7-9-5-4-6-14(9)2/h4-8H,1-3H3/b10-7+/t8-/m0/s1. The molecule has 0 radical (unpaired) electrons. The summed E-state index contributed by atoms with van der Waals surface area (Å²) in [6.07, 6.45) is 3.47. The Balaban J connectivity index is 2.27. The lowest BCUT2D eigenvalue weighted by Crippen LogP contribution is -2.42. The van der Waals surface area contributed by atoms with E-state index < -0.39 is 23.2 Å². The number of thioether (sulfide) groups is 1. The maximum Gasteiger partial charge on any atom is 0.328 e. The topological polar surface area (TPSA) is 68.6 Å². The van der Waals surface area contributed by atoms with Crippen LogP contribution in [-0.2, 0) is 21.4 Å². The van der Waals surface area contributed by atoms with Gasteiger partial charge >= 0.3 is 5.97 Å². The summed E-state index contributed by atoms with van der Waals surface area (Å²) in [7, 11) is 3.06. The molecule has 2 heterocycles. The second-order valence-corrected chi connectivity index (χ2v) is 5.29. The third-order valence-electron chi connectivity index (χ3n) is 3.02. The van der Waals surface area contributed by atoms with Crippen molar-refractivity contribution in [3.8, 4) is 0 Å². The van der Waals surface area contributed by atoms with Gasteiger partial charge in [0.2, 0.25) is 0 Å². The van der Waals surface area contributed by atoms with Gasteiger partial charge in [-0.05, 0) is 36.9 Å². The third-order valence-corrected chi connectivity index (χ3v) is 3.90. The Hall–Kier alpha value is -2.02. The number of esters is 1. The maximum absolute atomic E-state index is 12.2. The number of ether oxygens (including phenoxy) is 1. The number of aryl methyl sites for hydroxylation is 1. The van der Waals surface area contributed by atoms with Crippen molar-refractivity contribution in [1.29, 1.82) is 0 Å². The van der Waals surface area contributed by atoms with Gasteiger partial charge in [-0.3, -0.25) is 14.5 Å². The number of nitrogens with zero attached hydrogens (tertiary/aromatic N) is 2. The first kappa shape index (κ1) is 14.4. The first-order valence-electron chi connectivity index (χ1n) is 5.92. The number of aromatic nitrogens is 1. The number of carbonyl (C=O) groups is 3. The van der Waals surface area contributed by atoms with Crippen molar-refractivity contribution in [3.63, 3.8) is 0 Å². The fourth-order valence-corrected chi connectivity index (χ4v) is 2.74. The average molecular weight is 294 g/mol. The molecule has 1 saturated heterocycles. The Morgan fingerprint density at radius 1 is 1.45 bits per heavy atom. The van der Waals surface area contributed by atoms with Gasteiger partial charge in [0, 0.05) is 18.9 Å². The van der Waals surface area contributed by atoms with Gasteiger partial charge in [0.15, 0.2) is 0 Å². The number of hydrogen-bond donors (Lipinski definition) is 0. The van der Waals surface area contributed by atoms with Gasteiger partial charge in [0.1, 0.15) is 6.04 Å². The lowest BCUT2D eigenvalue weighted by atomic mass is 10.2. The van der Waals surface area contributed by atoms with E-state index in [0.29, 0.717) is 4.91 Å². The summed E-state index contributed by atoms with van der Waals surface area (Å²) in [5.41, 5.74) is 0.807. The zero-order chi connectivity index (χ0) is 14.9. The number of amides is 2. The SMILES string of the molecule is COC(=O)[C@H](C)N1C(=O)S/C(=C/c2cccn2C)C1=O. The molecule has 1 fully saturated rings. The second-order valence-electron chi connectivity index (χ2n) is 4.29. The predicted molar refractivity (Wildman–Crippen MR) is 74.7 cm³/mol. The molecule has 0 aromatic carbocycles. The van der Waals surface area contributed by atoms with Crippen LogP contribution in [0.1, 0.15) is 12.6 Å². The van der Waals surface area contributed by atoms with Crippen molar-refractivity contribution in [2.45, 2.75) is 13.0 Å². The molecule has 1 aliphatic rings. The van der Waals surface area contributed by atoms with Crippen molar-refractivity contribution in [2.75, 3.05) is 7.11 Å². The highest BCUT2D eigenvalue weighted by Gasteiger charge is 2.41. The summed E-state index contributed by atoms with van der Waals surface area (Å²) in [5.74, 6) is -1.09. The highest BCUT2D eigenvalue weighted by Crippen LogP contribution is 2.33. The minimum atomic E-state index is -0.924. The van der Waals surface area contributed by atoms with Crippen LogP contribution >= 0.6 is 11.8 Å².